The van der Waals surface area contributed by atoms with Crippen molar-refractivity contribution < 1.29 is 4.42 Å². The standard InChI is InChI=1S/C48H27N3OS/c1-2-12-28(13-3-1)44-47-45(35-19-9-11-21-43(35)53-47)50-48(49-44)39-27-38-37-26-31(22-23-42(37)52-46(38)34-18-7-6-16-32(34)39)51-40-20-10-8-17-33(40)36-24-29-14-4-5-15-30(29)25-41(36)51/h1-27H. The molecule has 5 heteroatoms. The number of benzene rings is 8. The maximum absolute atomic E-state index is 6.72. The van der Waals surface area contributed by atoms with Gasteiger partial charge in [0.05, 0.1) is 26.9 Å². The Morgan fingerprint density at radius 2 is 1.21 bits per heavy atom. The lowest BCUT2D eigenvalue weighted by molar-refractivity contribution is 0.672. The highest BCUT2D eigenvalue weighted by molar-refractivity contribution is 7.26. The van der Waals surface area contributed by atoms with E-state index in [2.05, 4.69) is 168 Å². The molecule has 0 amide bonds. The van der Waals surface area contributed by atoms with E-state index < -0.39 is 0 Å². The van der Waals surface area contributed by atoms with Crippen molar-refractivity contribution >= 4 is 96.9 Å². The number of para-hydroxylation sites is 1. The number of furan rings is 1. The quantitative estimate of drug-likeness (QED) is 0.185. The fourth-order valence-electron chi connectivity index (χ4n) is 8.35. The Hall–Kier alpha value is -6.82. The number of aromatic nitrogens is 3. The molecular formula is C48H27N3OS. The minimum Gasteiger partial charge on any atom is -0.455 e. The van der Waals surface area contributed by atoms with Gasteiger partial charge < -0.3 is 8.98 Å². The normalized spacial score (nSPS) is 12.2. The van der Waals surface area contributed by atoms with Gasteiger partial charge in [0.2, 0.25) is 0 Å². The van der Waals surface area contributed by atoms with E-state index in [9.17, 15) is 0 Å². The monoisotopic (exact) mass is 693 g/mol. The van der Waals surface area contributed by atoms with Crippen LogP contribution in [0.2, 0.25) is 0 Å². The van der Waals surface area contributed by atoms with E-state index in [0.717, 1.165) is 70.8 Å². The number of nitrogens with zero attached hydrogens (tertiary/aromatic N) is 3. The molecule has 53 heavy (non-hydrogen) atoms. The van der Waals surface area contributed by atoms with Gasteiger partial charge in [0.1, 0.15) is 11.2 Å². The largest absolute Gasteiger partial charge is 0.455 e. The van der Waals surface area contributed by atoms with Crippen molar-refractivity contribution in [3.8, 4) is 28.3 Å². The zero-order chi connectivity index (χ0) is 34.6. The minimum atomic E-state index is 0.706. The summed E-state index contributed by atoms with van der Waals surface area (Å²) in [5, 5.41) is 10.3. The fraction of sp³-hybridized carbons (Fsp3) is 0. The third-order valence-electron chi connectivity index (χ3n) is 10.8. The van der Waals surface area contributed by atoms with Crippen LogP contribution in [0.15, 0.2) is 168 Å². The predicted octanol–water partition coefficient (Wildman–Crippen LogP) is 13.5. The molecule has 4 aromatic heterocycles. The molecular weight excluding hydrogens is 667 g/mol. The van der Waals surface area contributed by atoms with Crippen molar-refractivity contribution in [1.82, 2.24) is 14.5 Å². The van der Waals surface area contributed by atoms with Gasteiger partial charge in [0.15, 0.2) is 5.82 Å². The average molecular weight is 694 g/mol. The van der Waals surface area contributed by atoms with E-state index in [-0.39, 0.29) is 0 Å². The molecule has 8 aromatic carbocycles. The lowest BCUT2D eigenvalue weighted by Crippen LogP contribution is -1.95. The Kier molecular flexibility index (Phi) is 5.90. The van der Waals surface area contributed by atoms with E-state index in [1.165, 1.54) is 37.3 Å². The molecule has 4 nitrogen and oxygen atoms in total. The van der Waals surface area contributed by atoms with E-state index >= 15 is 0 Å². The summed E-state index contributed by atoms with van der Waals surface area (Å²) in [4.78, 5) is 10.7. The summed E-state index contributed by atoms with van der Waals surface area (Å²) in [5.74, 6) is 0.706. The van der Waals surface area contributed by atoms with Gasteiger partial charge in [-0.05, 0) is 64.7 Å². The number of rotatable bonds is 3. The van der Waals surface area contributed by atoms with Crippen LogP contribution in [0.3, 0.4) is 0 Å². The molecule has 246 valence electrons. The second-order valence-electron chi connectivity index (χ2n) is 13.7. The highest BCUT2D eigenvalue weighted by Gasteiger charge is 2.21. The van der Waals surface area contributed by atoms with Gasteiger partial charge in [-0.1, -0.05) is 115 Å². The molecule has 0 fully saturated rings. The third kappa shape index (κ3) is 4.17. The number of hydrogen-bond acceptors (Lipinski definition) is 4. The summed E-state index contributed by atoms with van der Waals surface area (Å²) >= 11 is 1.76. The van der Waals surface area contributed by atoms with Gasteiger partial charge in [-0.25, -0.2) is 9.97 Å². The topological polar surface area (TPSA) is 43.9 Å². The first-order valence-electron chi connectivity index (χ1n) is 17.8. The van der Waals surface area contributed by atoms with Gasteiger partial charge in [0.25, 0.3) is 0 Å². The van der Waals surface area contributed by atoms with Crippen molar-refractivity contribution in [3.05, 3.63) is 164 Å². The third-order valence-corrected chi connectivity index (χ3v) is 11.9. The summed E-state index contributed by atoms with van der Waals surface area (Å²) in [6.07, 6.45) is 0. The molecule has 0 radical (unpaired) electrons. The van der Waals surface area contributed by atoms with Crippen molar-refractivity contribution in [2.24, 2.45) is 0 Å². The first-order chi connectivity index (χ1) is 26.3. The molecule has 0 aliphatic rings. The van der Waals surface area contributed by atoms with Crippen molar-refractivity contribution in [2.75, 3.05) is 0 Å². The van der Waals surface area contributed by atoms with E-state index in [1.54, 1.807) is 11.3 Å². The summed E-state index contributed by atoms with van der Waals surface area (Å²) in [6.45, 7) is 0. The summed E-state index contributed by atoms with van der Waals surface area (Å²) in [7, 11) is 0. The minimum absolute atomic E-state index is 0.706. The molecule has 0 aliphatic heterocycles. The van der Waals surface area contributed by atoms with Crippen LogP contribution in [0, 0.1) is 0 Å². The van der Waals surface area contributed by atoms with Crippen LogP contribution in [0.4, 0.5) is 0 Å². The van der Waals surface area contributed by atoms with Crippen LogP contribution in [-0.2, 0) is 0 Å². The van der Waals surface area contributed by atoms with Crippen LogP contribution >= 0.6 is 11.3 Å². The summed E-state index contributed by atoms with van der Waals surface area (Å²) in [6, 6.07) is 58.3. The molecule has 0 atom stereocenters. The zero-order valence-electron chi connectivity index (χ0n) is 28.2. The average Bonchev–Trinajstić information content (AvgIpc) is 3.89. The molecule has 12 aromatic rings. The Morgan fingerprint density at radius 3 is 2.08 bits per heavy atom. The van der Waals surface area contributed by atoms with Gasteiger partial charge >= 0.3 is 0 Å². The summed E-state index contributed by atoms with van der Waals surface area (Å²) < 4.78 is 11.4. The fourth-order valence-corrected chi connectivity index (χ4v) is 9.50. The van der Waals surface area contributed by atoms with Crippen LogP contribution < -0.4 is 0 Å². The molecule has 0 spiro atoms. The highest BCUT2D eigenvalue weighted by atomic mass is 32.1. The van der Waals surface area contributed by atoms with Crippen LogP contribution in [0.1, 0.15) is 0 Å². The van der Waals surface area contributed by atoms with Gasteiger partial charge in [-0.15, -0.1) is 11.3 Å². The molecule has 0 unspecified atom stereocenters. The molecule has 0 bridgehead atoms. The smallest absolute Gasteiger partial charge is 0.161 e. The molecule has 0 saturated carbocycles. The highest BCUT2D eigenvalue weighted by Crippen LogP contribution is 2.44. The Morgan fingerprint density at radius 1 is 0.491 bits per heavy atom. The second kappa shape index (κ2) is 10.8. The van der Waals surface area contributed by atoms with Crippen molar-refractivity contribution in [2.45, 2.75) is 0 Å². The molecule has 0 N–H and O–H groups in total. The van der Waals surface area contributed by atoms with E-state index in [0.29, 0.717) is 5.82 Å². The molecule has 4 heterocycles. The zero-order valence-corrected chi connectivity index (χ0v) is 29.1. The Labute approximate surface area is 306 Å². The maximum atomic E-state index is 6.72. The van der Waals surface area contributed by atoms with E-state index in [4.69, 9.17) is 14.4 Å². The predicted molar refractivity (Wildman–Crippen MR) is 222 cm³/mol. The number of thiophene rings is 1. The summed E-state index contributed by atoms with van der Waals surface area (Å²) in [5.41, 5.74) is 9.17. The lowest BCUT2D eigenvalue weighted by Gasteiger charge is -2.10. The Balaban J connectivity index is 1.15. The van der Waals surface area contributed by atoms with Crippen LogP contribution in [0.5, 0.6) is 0 Å². The van der Waals surface area contributed by atoms with Gasteiger partial charge in [-0.2, -0.15) is 0 Å². The number of hydrogen-bond donors (Lipinski definition) is 0. The number of fused-ring (bicyclic) bond motifs is 12. The van der Waals surface area contributed by atoms with Crippen molar-refractivity contribution in [1.29, 1.82) is 0 Å². The SMILES string of the molecule is c1ccc(-c2nc(-c3cc4c5cc(-n6c7ccccc7c7cc8ccccc8cc76)ccc5oc4c4ccccc34)nc3c2sc2ccccc23)cc1. The van der Waals surface area contributed by atoms with Gasteiger partial charge in [0, 0.05) is 53.8 Å². The van der Waals surface area contributed by atoms with Crippen LogP contribution in [0.25, 0.3) is 114 Å². The lowest BCUT2D eigenvalue weighted by atomic mass is 9.99. The molecule has 12 rings (SSSR count). The van der Waals surface area contributed by atoms with E-state index in [1.807, 2.05) is 0 Å². The maximum Gasteiger partial charge on any atom is 0.161 e. The van der Waals surface area contributed by atoms with Gasteiger partial charge in [-0.3, -0.25) is 0 Å². The van der Waals surface area contributed by atoms with Crippen LogP contribution in [-0.4, -0.2) is 14.5 Å². The van der Waals surface area contributed by atoms with Crippen molar-refractivity contribution in [3.63, 3.8) is 0 Å². The molecule has 0 aliphatic carbocycles. The second-order valence-corrected chi connectivity index (χ2v) is 14.8. The first kappa shape index (κ1) is 28.8. The first-order valence-corrected chi connectivity index (χ1v) is 18.6. The Bertz CT molecular complexity index is 3460. The molecule has 0 saturated heterocycles.